The van der Waals surface area contributed by atoms with Gasteiger partial charge in [-0.1, -0.05) is 0 Å². The molecule has 1 saturated heterocycles. The van der Waals surface area contributed by atoms with Crippen LogP contribution in [0.3, 0.4) is 0 Å². The normalized spacial score (nSPS) is 24.6. The van der Waals surface area contributed by atoms with Crippen LogP contribution in [0.15, 0.2) is 0 Å². The second-order valence-corrected chi connectivity index (χ2v) is 5.30. The molecule has 1 aliphatic rings. The Kier molecular flexibility index (Phi) is 3.50. The van der Waals surface area contributed by atoms with Gasteiger partial charge in [0.15, 0.2) is 6.23 Å². The Morgan fingerprint density at radius 2 is 2.00 bits per heavy atom. The molecule has 0 aromatic carbocycles. The standard InChI is InChI=1S/C11H21NO4/c1-10(2,3)16-9(13)12-8(14-6)7-15-11(12,4)5/h8H,7H2,1-6H3/t8-/m0/s1. The lowest BCUT2D eigenvalue weighted by Gasteiger charge is -2.34. The molecule has 94 valence electrons. The largest absolute Gasteiger partial charge is 0.444 e. The first kappa shape index (κ1) is 13.3. The predicted molar refractivity (Wildman–Crippen MR) is 58.9 cm³/mol. The van der Waals surface area contributed by atoms with Gasteiger partial charge in [0.1, 0.15) is 11.3 Å². The summed E-state index contributed by atoms with van der Waals surface area (Å²) in [7, 11) is 1.55. The minimum Gasteiger partial charge on any atom is -0.444 e. The van der Waals surface area contributed by atoms with Gasteiger partial charge >= 0.3 is 6.09 Å². The Morgan fingerprint density at radius 1 is 1.44 bits per heavy atom. The van der Waals surface area contributed by atoms with Gasteiger partial charge in [0, 0.05) is 7.11 Å². The molecule has 5 heteroatoms. The second-order valence-electron chi connectivity index (χ2n) is 5.30. The molecule has 0 aromatic rings. The van der Waals surface area contributed by atoms with Gasteiger partial charge in [-0.15, -0.1) is 0 Å². The summed E-state index contributed by atoms with van der Waals surface area (Å²) < 4.78 is 16.0. The minimum absolute atomic E-state index is 0.364. The van der Waals surface area contributed by atoms with Crippen LogP contribution in [0.2, 0.25) is 0 Å². The first-order valence-electron chi connectivity index (χ1n) is 5.36. The van der Waals surface area contributed by atoms with Gasteiger partial charge in [-0.05, 0) is 34.6 Å². The Balaban J connectivity index is 2.79. The minimum atomic E-state index is -0.691. The zero-order valence-electron chi connectivity index (χ0n) is 10.9. The first-order chi connectivity index (χ1) is 7.17. The molecular formula is C11H21NO4. The van der Waals surface area contributed by atoms with Crippen molar-refractivity contribution in [2.45, 2.75) is 52.2 Å². The zero-order valence-corrected chi connectivity index (χ0v) is 10.9. The Labute approximate surface area is 96.6 Å². The van der Waals surface area contributed by atoms with Gasteiger partial charge in [0.05, 0.1) is 6.61 Å². The van der Waals surface area contributed by atoms with Crippen LogP contribution < -0.4 is 0 Å². The van der Waals surface area contributed by atoms with Crippen LogP contribution in [0, 0.1) is 0 Å². The molecule has 0 saturated carbocycles. The number of hydrogen-bond donors (Lipinski definition) is 0. The van der Waals surface area contributed by atoms with Crippen molar-refractivity contribution in [2.24, 2.45) is 0 Å². The second kappa shape index (κ2) is 4.22. The highest BCUT2D eigenvalue weighted by atomic mass is 16.6. The van der Waals surface area contributed by atoms with Crippen LogP contribution in [0.1, 0.15) is 34.6 Å². The molecule has 0 bridgehead atoms. The highest BCUT2D eigenvalue weighted by molar-refractivity contribution is 5.69. The molecule has 1 fully saturated rings. The average Bonchev–Trinajstić information content (AvgIpc) is 2.37. The quantitative estimate of drug-likeness (QED) is 0.692. The van der Waals surface area contributed by atoms with Crippen LogP contribution in [0.4, 0.5) is 4.79 Å². The molecule has 1 atom stereocenters. The summed E-state index contributed by atoms with van der Waals surface area (Å²) in [6, 6.07) is 0. The Bertz CT molecular complexity index is 270. The summed E-state index contributed by atoms with van der Waals surface area (Å²) in [6.45, 7) is 9.48. The summed E-state index contributed by atoms with van der Waals surface area (Å²) in [6.07, 6.45) is -0.799. The van der Waals surface area contributed by atoms with E-state index in [1.807, 2.05) is 34.6 Å². The topological polar surface area (TPSA) is 48.0 Å². The van der Waals surface area contributed by atoms with Crippen LogP contribution in [-0.2, 0) is 14.2 Å². The van der Waals surface area contributed by atoms with E-state index in [9.17, 15) is 4.79 Å². The SMILES string of the molecule is CO[C@H]1COC(C)(C)N1C(=O)OC(C)(C)C. The average molecular weight is 231 g/mol. The van der Waals surface area contributed by atoms with E-state index in [0.717, 1.165) is 0 Å². The monoisotopic (exact) mass is 231 g/mol. The van der Waals surface area contributed by atoms with Crippen molar-refractivity contribution >= 4 is 6.09 Å². The number of methoxy groups -OCH3 is 1. The predicted octanol–water partition coefficient (Wildman–Crippen LogP) is 1.96. The van der Waals surface area contributed by atoms with E-state index in [2.05, 4.69) is 0 Å². The number of carbonyl (C=O) groups is 1. The Hall–Kier alpha value is -0.810. The maximum atomic E-state index is 12.0. The van der Waals surface area contributed by atoms with Gasteiger partial charge < -0.3 is 14.2 Å². The van der Waals surface area contributed by atoms with Crippen molar-refractivity contribution in [1.29, 1.82) is 0 Å². The zero-order chi connectivity index (χ0) is 12.6. The van der Waals surface area contributed by atoms with Crippen molar-refractivity contribution in [1.82, 2.24) is 4.90 Å². The van der Waals surface area contributed by atoms with Crippen LogP contribution in [0.25, 0.3) is 0 Å². The molecule has 0 radical (unpaired) electrons. The number of carbonyl (C=O) groups excluding carboxylic acids is 1. The van der Waals surface area contributed by atoms with Crippen molar-refractivity contribution in [3.63, 3.8) is 0 Å². The summed E-state index contributed by atoms with van der Waals surface area (Å²) in [5.41, 5.74) is -1.21. The molecule has 0 spiro atoms. The summed E-state index contributed by atoms with van der Waals surface area (Å²) >= 11 is 0. The van der Waals surface area contributed by atoms with Gasteiger partial charge in [-0.25, -0.2) is 4.79 Å². The molecular weight excluding hydrogens is 210 g/mol. The fraction of sp³-hybridized carbons (Fsp3) is 0.909. The van der Waals surface area contributed by atoms with Gasteiger partial charge in [-0.2, -0.15) is 0 Å². The Morgan fingerprint density at radius 3 is 2.44 bits per heavy atom. The van der Waals surface area contributed by atoms with Crippen LogP contribution in [-0.4, -0.2) is 42.3 Å². The van der Waals surface area contributed by atoms with Crippen LogP contribution in [0.5, 0.6) is 0 Å². The van der Waals surface area contributed by atoms with E-state index in [0.29, 0.717) is 6.61 Å². The number of rotatable bonds is 1. The van der Waals surface area contributed by atoms with Crippen molar-refractivity contribution in [3.8, 4) is 0 Å². The first-order valence-corrected chi connectivity index (χ1v) is 5.36. The van der Waals surface area contributed by atoms with E-state index in [4.69, 9.17) is 14.2 Å². The third-order valence-electron chi connectivity index (χ3n) is 2.31. The molecule has 1 amide bonds. The lowest BCUT2D eigenvalue weighted by Crippen LogP contribution is -2.50. The van der Waals surface area contributed by atoms with E-state index >= 15 is 0 Å². The maximum Gasteiger partial charge on any atom is 0.414 e. The third-order valence-corrected chi connectivity index (χ3v) is 2.31. The summed E-state index contributed by atoms with van der Waals surface area (Å²) in [4.78, 5) is 13.5. The van der Waals surface area contributed by atoms with Crippen molar-refractivity contribution in [3.05, 3.63) is 0 Å². The summed E-state index contributed by atoms with van der Waals surface area (Å²) in [5, 5.41) is 0. The lowest BCUT2D eigenvalue weighted by atomic mass is 10.2. The third kappa shape index (κ3) is 2.86. The maximum absolute atomic E-state index is 12.0. The van der Waals surface area contributed by atoms with E-state index in [1.54, 1.807) is 7.11 Å². The smallest absolute Gasteiger partial charge is 0.414 e. The molecule has 1 aliphatic heterocycles. The van der Waals surface area contributed by atoms with Gasteiger partial charge in [-0.3, -0.25) is 4.90 Å². The van der Waals surface area contributed by atoms with Crippen LogP contribution >= 0.6 is 0 Å². The van der Waals surface area contributed by atoms with E-state index in [1.165, 1.54) is 4.90 Å². The summed E-state index contributed by atoms with van der Waals surface area (Å²) in [5.74, 6) is 0. The van der Waals surface area contributed by atoms with Gasteiger partial charge in [0.25, 0.3) is 0 Å². The fourth-order valence-corrected chi connectivity index (χ4v) is 1.59. The van der Waals surface area contributed by atoms with Gasteiger partial charge in [0.2, 0.25) is 0 Å². The number of hydrogen-bond acceptors (Lipinski definition) is 4. The highest BCUT2D eigenvalue weighted by Gasteiger charge is 2.45. The van der Waals surface area contributed by atoms with Crippen molar-refractivity contribution in [2.75, 3.05) is 13.7 Å². The highest BCUT2D eigenvalue weighted by Crippen LogP contribution is 2.29. The molecule has 0 aliphatic carbocycles. The molecule has 16 heavy (non-hydrogen) atoms. The fourth-order valence-electron chi connectivity index (χ4n) is 1.59. The number of amides is 1. The van der Waals surface area contributed by atoms with E-state index in [-0.39, 0.29) is 6.23 Å². The molecule has 0 N–H and O–H groups in total. The molecule has 1 heterocycles. The van der Waals surface area contributed by atoms with E-state index < -0.39 is 17.4 Å². The molecule has 0 unspecified atom stereocenters. The molecule has 0 aromatic heterocycles. The molecule has 5 nitrogen and oxygen atoms in total. The lowest BCUT2D eigenvalue weighted by molar-refractivity contribution is -0.0822. The molecule has 1 rings (SSSR count). The number of nitrogens with zero attached hydrogens (tertiary/aromatic N) is 1. The van der Waals surface area contributed by atoms with Crippen molar-refractivity contribution < 1.29 is 19.0 Å². The number of ether oxygens (including phenoxy) is 3.